The number of carbonyl (C=O) groups excluding carboxylic acids is 1. The lowest BCUT2D eigenvalue weighted by molar-refractivity contribution is -0.385. The quantitative estimate of drug-likeness (QED) is 0.631. The van der Waals surface area contributed by atoms with Gasteiger partial charge in [0.2, 0.25) is 0 Å². The molecule has 1 aromatic rings. The highest BCUT2D eigenvalue weighted by Crippen LogP contribution is 2.25. The second kappa shape index (κ2) is 5.98. The summed E-state index contributed by atoms with van der Waals surface area (Å²) in [5.74, 6) is -0.491. The minimum Gasteiger partial charge on any atom is -0.338 e. The van der Waals surface area contributed by atoms with Crippen molar-refractivity contribution < 1.29 is 14.1 Å². The summed E-state index contributed by atoms with van der Waals surface area (Å²) in [5, 5.41) is 10.9. The van der Waals surface area contributed by atoms with Crippen LogP contribution in [0.2, 0.25) is 0 Å². The van der Waals surface area contributed by atoms with E-state index < -0.39 is 16.6 Å². The van der Waals surface area contributed by atoms with Crippen molar-refractivity contribution in [1.82, 2.24) is 4.90 Å². The lowest BCUT2D eigenvalue weighted by Crippen LogP contribution is -2.38. The predicted octanol–water partition coefficient (Wildman–Crippen LogP) is 3.00. The molecule has 1 aromatic carbocycles. The van der Waals surface area contributed by atoms with Crippen LogP contribution in [-0.4, -0.2) is 28.8 Å². The van der Waals surface area contributed by atoms with Gasteiger partial charge in [0.25, 0.3) is 11.6 Å². The van der Waals surface area contributed by atoms with Crippen LogP contribution >= 0.6 is 0 Å². The zero-order valence-corrected chi connectivity index (χ0v) is 11.3. The molecule has 1 aliphatic rings. The van der Waals surface area contributed by atoms with E-state index in [1.54, 1.807) is 4.90 Å². The molecule has 0 unspecified atom stereocenters. The van der Waals surface area contributed by atoms with Gasteiger partial charge in [0.05, 0.1) is 4.92 Å². The summed E-state index contributed by atoms with van der Waals surface area (Å²) in [5.41, 5.74) is -0.501. The summed E-state index contributed by atoms with van der Waals surface area (Å²) in [7, 11) is 0. The Bertz CT molecular complexity index is 525. The van der Waals surface area contributed by atoms with E-state index >= 15 is 0 Å². The highest BCUT2D eigenvalue weighted by atomic mass is 19.1. The highest BCUT2D eigenvalue weighted by Gasteiger charge is 2.28. The maximum absolute atomic E-state index is 13.3. The number of nitro groups is 1. The first kappa shape index (κ1) is 14.4. The Balaban J connectivity index is 2.21. The van der Waals surface area contributed by atoms with Crippen LogP contribution in [0.25, 0.3) is 0 Å². The van der Waals surface area contributed by atoms with E-state index in [1.165, 1.54) is 0 Å². The zero-order chi connectivity index (χ0) is 14.7. The van der Waals surface area contributed by atoms with E-state index in [4.69, 9.17) is 0 Å². The van der Waals surface area contributed by atoms with E-state index in [0.29, 0.717) is 19.0 Å². The van der Waals surface area contributed by atoms with E-state index in [-0.39, 0.29) is 11.3 Å². The molecule has 6 heteroatoms. The fourth-order valence-electron chi connectivity index (χ4n) is 2.55. The monoisotopic (exact) mass is 280 g/mol. The number of hydrogen-bond acceptors (Lipinski definition) is 3. The average molecular weight is 280 g/mol. The van der Waals surface area contributed by atoms with Crippen molar-refractivity contribution in [3.63, 3.8) is 0 Å². The van der Waals surface area contributed by atoms with Crippen LogP contribution in [-0.2, 0) is 0 Å². The van der Waals surface area contributed by atoms with Crippen molar-refractivity contribution >= 4 is 11.6 Å². The van der Waals surface area contributed by atoms with Crippen LogP contribution in [0.5, 0.6) is 0 Å². The fraction of sp³-hybridized carbons (Fsp3) is 0.500. The van der Waals surface area contributed by atoms with Gasteiger partial charge in [0, 0.05) is 19.2 Å². The van der Waals surface area contributed by atoms with Crippen molar-refractivity contribution in [3.05, 3.63) is 39.7 Å². The van der Waals surface area contributed by atoms with Gasteiger partial charge in [-0.2, -0.15) is 0 Å². The summed E-state index contributed by atoms with van der Waals surface area (Å²) < 4.78 is 13.3. The number of nitro benzene ring substituents is 1. The lowest BCUT2D eigenvalue weighted by Gasteiger charge is -2.31. The maximum Gasteiger partial charge on any atom is 0.282 e. The SMILES string of the molecule is CCC1CCN(C(=O)c2cc(F)ccc2[N+](=O)[O-])CC1. The third-order valence-corrected chi connectivity index (χ3v) is 3.86. The van der Waals surface area contributed by atoms with Gasteiger partial charge in [0.1, 0.15) is 11.4 Å². The van der Waals surface area contributed by atoms with Crippen LogP contribution in [0.1, 0.15) is 36.5 Å². The number of piperidine rings is 1. The third kappa shape index (κ3) is 2.95. The largest absolute Gasteiger partial charge is 0.338 e. The topological polar surface area (TPSA) is 63.5 Å². The Morgan fingerprint density at radius 1 is 1.45 bits per heavy atom. The molecule has 0 N–H and O–H groups in total. The summed E-state index contributed by atoms with van der Waals surface area (Å²) in [6.45, 7) is 3.26. The minimum absolute atomic E-state index is 0.162. The Morgan fingerprint density at radius 2 is 2.10 bits per heavy atom. The molecule has 108 valence electrons. The molecule has 1 aliphatic heterocycles. The molecular weight excluding hydrogens is 263 g/mol. The number of likely N-dealkylation sites (tertiary alicyclic amines) is 1. The Hall–Kier alpha value is -1.98. The summed E-state index contributed by atoms with van der Waals surface area (Å²) in [6.07, 6.45) is 2.86. The number of amides is 1. The molecule has 0 bridgehead atoms. The van der Waals surface area contributed by atoms with Crippen molar-refractivity contribution in [2.75, 3.05) is 13.1 Å². The van der Waals surface area contributed by atoms with Crippen LogP contribution < -0.4 is 0 Å². The molecule has 0 aliphatic carbocycles. The molecule has 0 atom stereocenters. The number of benzene rings is 1. The molecule has 20 heavy (non-hydrogen) atoms. The van der Waals surface area contributed by atoms with E-state index in [9.17, 15) is 19.3 Å². The van der Waals surface area contributed by atoms with Crippen molar-refractivity contribution in [3.8, 4) is 0 Å². The van der Waals surface area contributed by atoms with Crippen LogP contribution in [0.15, 0.2) is 18.2 Å². The van der Waals surface area contributed by atoms with E-state index in [1.807, 2.05) is 0 Å². The molecule has 0 spiro atoms. The number of nitrogens with zero attached hydrogens (tertiary/aromatic N) is 2. The van der Waals surface area contributed by atoms with Gasteiger partial charge in [-0.05, 0) is 30.9 Å². The number of halogens is 1. The standard InChI is InChI=1S/C14H17FN2O3/c1-2-10-5-7-16(8-6-10)14(18)12-9-11(15)3-4-13(12)17(19)20/h3-4,9-10H,2,5-8H2,1H3. The predicted molar refractivity (Wildman–Crippen MR) is 72.0 cm³/mol. The van der Waals surface area contributed by atoms with Crippen molar-refractivity contribution in [1.29, 1.82) is 0 Å². The van der Waals surface area contributed by atoms with Gasteiger partial charge in [-0.25, -0.2) is 4.39 Å². The second-order valence-electron chi connectivity index (χ2n) is 5.06. The highest BCUT2D eigenvalue weighted by molar-refractivity contribution is 5.98. The number of rotatable bonds is 3. The number of carbonyl (C=O) groups is 1. The van der Waals surface area contributed by atoms with Crippen molar-refractivity contribution in [2.45, 2.75) is 26.2 Å². The first-order valence-corrected chi connectivity index (χ1v) is 6.76. The van der Waals surface area contributed by atoms with E-state index in [2.05, 4.69) is 6.92 Å². The van der Waals surface area contributed by atoms with Gasteiger partial charge in [-0.3, -0.25) is 14.9 Å². The Kier molecular flexibility index (Phi) is 4.32. The number of hydrogen-bond donors (Lipinski definition) is 0. The average Bonchev–Trinajstić information content (AvgIpc) is 2.46. The van der Waals surface area contributed by atoms with Gasteiger partial charge < -0.3 is 4.90 Å². The van der Waals surface area contributed by atoms with Crippen molar-refractivity contribution in [2.24, 2.45) is 5.92 Å². The molecular formula is C14H17FN2O3. The first-order chi connectivity index (χ1) is 9.52. The van der Waals surface area contributed by atoms with Gasteiger partial charge in [-0.1, -0.05) is 13.3 Å². The molecule has 0 aromatic heterocycles. The first-order valence-electron chi connectivity index (χ1n) is 6.76. The zero-order valence-electron chi connectivity index (χ0n) is 11.3. The molecule has 0 saturated carbocycles. The molecule has 1 amide bonds. The minimum atomic E-state index is -0.647. The lowest BCUT2D eigenvalue weighted by atomic mass is 9.94. The van der Waals surface area contributed by atoms with Crippen LogP contribution in [0.3, 0.4) is 0 Å². The van der Waals surface area contributed by atoms with Crippen LogP contribution in [0, 0.1) is 21.8 Å². The normalized spacial score (nSPS) is 16.2. The fourth-order valence-corrected chi connectivity index (χ4v) is 2.55. The second-order valence-corrected chi connectivity index (χ2v) is 5.06. The Labute approximate surface area is 116 Å². The summed E-state index contributed by atoms with van der Waals surface area (Å²) in [6, 6.07) is 2.99. The van der Waals surface area contributed by atoms with Crippen LogP contribution in [0.4, 0.5) is 10.1 Å². The third-order valence-electron chi connectivity index (χ3n) is 3.86. The maximum atomic E-state index is 13.3. The smallest absolute Gasteiger partial charge is 0.282 e. The summed E-state index contributed by atoms with van der Waals surface area (Å²) in [4.78, 5) is 24.2. The van der Waals surface area contributed by atoms with Gasteiger partial charge in [-0.15, -0.1) is 0 Å². The van der Waals surface area contributed by atoms with Gasteiger partial charge >= 0.3 is 0 Å². The molecule has 1 saturated heterocycles. The molecule has 1 fully saturated rings. The Morgan fingerprint density at radius 3 is 2.65 bits per heavy atom. The van der Waals surface area contributed by atoms with Gasteiger partial charge in [0.15, 0.2) is 0 Å². The summed E-state index contributed by atoms with van der Waals surface area (Å²) >= 11 is 0. The molecule has 1 heterocycles. The van der Waals surface area contributed by atoms with E-state index in [0.717, 1.165) is 37.5 Å². The molecule has 2 rings (SSSR count). The molecule has 5 nitrogen and oxygen atoms in total. The molecule has 0 radical (unpaired) electrons.